The molecule has 32 heavy (non-hydrogen) atoms. The minimum absolute atomic E-state index is 0.0184. The molecule has 0 aromatic heterocycles. The Labute approximate surface area is 187 Å². The first kappa shape index (κ1) is 20.7. The van der Waals surface area contributed by atoms with Gasteiger partial charge in [-0.1, -0.05) is 66.7 Å². The molecule has 1 unspecified atom stereocenters. The summed E-state index contributed by atoms with van der Waals surface area (Å²) in [6.07, 6.45) is 1.17. The lowest BCUT2D eigenvalue weighted by molar-refractivity contribution is -0.144. The van der Waals surface area contributed by atoms with Crippen LogP contribution in [0.2, 0.25) is 0 Å². The minimum Gasteiger partial charge on any atom is -0.480 e. The van der Waals surface area contributed by atoms with Gasteiger partial charge in [0.15, 0.2) is 6.04 Å². The van der Waals surface area contributed by atoms with Gasteiger partial charge in [-0.25, -0.2) is 4.79 Å². The molecule has 164 valence electrons. The first-order valence-corrected chi connectivity index (χ1v) is 11.0. The summed E-state index contributed by atoms with van der Waals surface area (Å²) < 4.78 is 6.12. The number of carboxylic acid groups (broad SMARTS) is 1. The number of piperidine rings is 1. The number of carbonyl (C=O) groups is 2. The van der Waals surface area contributed by atoms with Gasteiger partial charge in [0.25, 0.3) is 5.91 Å². The van der Waals surface area contributed by atoms with E-state index >= 15 is 0 Å². The van der Waals surface area contributed by atoms with E-state index in [0.717, 1.165) is 30.4 Å². The molecule has 0 aliphatic carbocycles. The number of ether oxygens (including phenoxy) is 1. The van der Waals surface area contributed by atoms with Gasteiger partial charge in [-0.2, -0.15) is 0 Å². The third kappa shape index (κ3) is 3.66. The van der Waals surface area contributed by atoms with Gasteiger partial charge in [-0.3, -0.25) is 14.6 Å². The number of likely N-dealkylation sites (tertiary alicyclic amines) is 1. The molecule has 6 heteroatoms. The van der Waals surface area contributed by atoms with Crippen LogP contribution in [0.1, 0.15) is 28.8 Å². The fourth-order valence-electron chi connectivity index (χ4n) is 5.00. The van der Waals surface area contributed by atoms with Crippen molar-refractivity contribution in [2.45, 2.75) is 31.2 Å². The van der Waals surface area contributed by atoms with Crippen LogP contribution in [0.4, 0.5) is 0 Å². The number of carbonyl (C=O) groups excluding carboxylic acids is 1. The number of aliphatic carboxylic acids is 1. The molecular weight excluding hydrogens is 404 g/mol. The molecule has 6 nitrogen and oxygen atoms in total. The number of carboxylic acids is 1. The minimum atomic E-state index is -1.03. The maximum Gasteiger partial charge on any atom is 0.328 e. The molecule has 1 amide bonds. The predicted octanol–water partition coefficient (Wildman–Crippen LogP) is 3.76. The highest BCUT2D eigenvalue weighted by atomic mass is 16.5. The number of amides is 1. The number of fused-ring (bicyclic) bond motifs is 1. The Kier molecular flexibility index (Phi) is 5.41. The van der Waals surface area contributed by atoms with Crippen molar-refractivity contribution in [3.8, 4) is 0 Å². The van der Waals surface area contributed by atoms with Crippen LogP contribution in [0.25, 0.3) is 10.8 Å². The maximum atomic E-state index is 13.8. The SMILES string of the molecule is O=C(O)C1COC2(CCN(Cc3ccccc3)CC2)N1C(=O)c1cccc2ccccc12. The molecule has 1 N–H and O–H groups in total. The summed E-state index contributed by atoms with van der Waals surface area (Å²) in [7, 11) is 0. The van der Waals surface area contributed by atoms with Crippen molar-refractivity contribution in [2.24, 2.45) is 0 Å². The summed E-state index contributed by atoms with van der Waals surface area (Å²) in [4.78, 5) is 29.7. The Morgan fingerprint density at radius 3 is 2.38 bits per heavy atom. The summed E-state index contributed by atoms with van der Waals surface area (Å²) in [5.41, 5.74) is 0.874. The van der Waals surface area contributed by atoms with E-state index in [-0.39, 0.29) is 12.5 Å². The van der Waals surface area contributed by atoms with Crippen molar-refractivity contribution in [3.63, 3.8) is 0 Å². The molecule has 2 fully saturated rings. The van der Waals surface area contributed by atoms with Crippen LogP contribution in [-0.2, 0) is 16.1 Å². The normalized spacial score (nSPS) is 20.6. The fraction of sp³-hybridized carbons (Fsp3) is 0.308. The van der Waals surface area contributed by atoms with Gasteiger partial charge in [0.2, 0.25) is 0 Å². The van der Waals surface area contributed by atoms with E-state index in [1.54, 1.807) is 6.07 Å². The Balaban J connectivity index is 1.43. The zero-order valence-corrected chi connectivity index (χ0v) is 17.8. The van der Waals surface area contributed by atoms with Crippen molar-refractivity contribution < 1.29 is 19.4 Å². The first-order valence-electron chi connectivity index (χ1n) is 11.0. The average Bonchev–Trinajstić information content (AvgIpc) is 3.19. The van der Waals surface area contributed by atoms with Crippen LogP contribution in [0.15, 0.2) is 72.8 Å². The highest BCUT2D eigenvalue weighted by Gasteiger charge is 2.54. The molecule has 5 rings (SSSR count). The summed E-state index contributed by atoms with van der Waals surface area (Å²) >= 11 is 0. The van der Waals surface area contributed by atoms with E-state index < -0.39 is 17.7 Å². The van der Waals surface area contributed by atoms with Crippen LogP contribution < -0.4 is 0 Å². The molecule has 3 aromatic carbocycles. The third-order valence-electron chi connectivity index (χ3n) is 6.67. The highest BCUT2D eigenvalue weighted by Crippen LogP contribution is 2.39. The molecule has 2 aliphatic rings. The van der Waals surface area contributed by atoms with Gasteiger partial charge in [0.1, 0.15) is 5.72 Å². The van der Waals surface area contributed by atoms with Crippen LogP contribution >= 0.6 is 0 Å². The molecule has 0 bridgehead atoms. The molecular formula is C26H26N2O4. The molecule has 2 heterocycles. The van der Waals surface area contributed by atoms with Crippen molar-refractivity contribution in [1.29, 1.82) is 0 Å². The zero-order valence-electron chi connectivity index (χ0n) is 17.8. The number of rotatable bonds is 4. The summed E-state index contributed by atoms with van der Waals surface area (Å²) in [5, 5.41) is 11.7. The molecule has 0 saturated carbocycles. The van der Waals surface area contributed by atoms with Gasteiger partial charge in [0.05, 0.1) is 6.61 Å². The number of benzene rings is 3. The standard InChI is InChI=1S/C26H26N2O4/c29-24(22-12-6-10-20-9-4-5-11-21(20)22)28-23(25(30)31)18-32-26(28)13-15-27(16-14-26)17-19-7-2-1-3-8-19/h1-12,23H,13-18H2,(H,30,31). The van der Waals surface area contributed by atoms with Crippen LogP contribution in [0.3, 0.4) is 0 Å². The van der Waals surface area contributed by atoms with Gasteiger partial charge in [-0.05, 0) is 22.4 Å². The predicted molar refractivity (Wildman–Crippen MR) is 121 cm³/mol. The van der Waals surface area contributed by atoms with Crippen molar-refractivity contribution >= 4 is 22.6 Å². The Morgan fingerprint density at radius 1 is 0.938 bits per heavy atom. The lowest BCUT2D eigenvalue weighted by atomic mass is 9.95. The smallest absolute Gasteiger partial charge is 0.328 e. The second kappa shape index (κ2) is 8.37. The second-order valence-corrected chi connectivity index (χ2v) is 8.57. The zero-order chi connectivity index (χ0) is 22.1. The number of hydrogen-bond donors (Lipinski definition) is 1. The Hall–Kier alpha value is -3.22. The first-order chi connectivity index (χ1) is 15.6. The molecule has 2 saturated heterocycles. The topological polar surface area (TPSA) is 70.1 Å². The molecule has 3 aromatic rings. The largest absolute Gasteiger partial charge is 0.480 e. The molecule has 1 atom stereocenters. The van der Waals surface area contributed by atoms with E-state index in [1.807, 2.05) is 54.6 Å². The number of nitrogens with zero attached hydrogens (tertiary/aromatic N) is 2. The summed E-state index contributed by atoms with van der Waals surface area (Å²) in [6, 6.07) is 22.6. The van der Waals surface area contributed by atoms with Gasteiger partial charge >= 0.3 is 5.97 Å². The van der Waals surface area contributed by atoms with E-state index in [4.69, 9.17) is 4.74 Å². The van der Waals surface area contributed by atoms with Crippen LogP contribution in [0, 0.1) is 0 Å². The van der Waals surface area contributed by atoms with Gasteiger partial charge in [0, 0.05) is 38.0 Å². The molecule has 1 spiro atoms. The van der Waals surface area contributed by atoms with E-state index in [9.17, 15) is 14.7 Å². The summed E-state index contributed by atoms with van der Waals surface area (Å²) in [6.45, 7) is 2.32. The summed E-state index contributed by atoms with van der Waals surface area (Å²) in [5.74, 6) is -1.30. The maximum absolute atomic E-state index is 13.8. The quantitative estimate of drug-likeness (QED) is 0.683. The third-order valence-corrected chi connectivity index (χ3v) is 6.67. The molecule has 0 radical (unpaired) electrons. The van der Waals surface area contributed by atoms with Gasteiger partial charge in [-0.15, -0.1) is 0 Å². The van der Waals surface area contributed by atoms with Crippen LogP contribution in [0.5, 0.6) is 0 Å². The average molecular weight is 431 g/mol. The van der Waals surface area contributed by atoms with E-state index in [0.29, 0.717) is 18.4 Å². The lowest BCUT2D eigenvalue weighted by Gasteiger charge is -2.44. The van der Waals surface area contributed by atoms with Crippen molar-refractivity contribution in [1.82, 2.24) is 9.80 Å². The van der Waals surface area contributed by atoms with E-state index in [1.165, 1.54) is 10.5 Å². The second-order valence-electron chi connectivity index (χ2n) is 8.57. The van der Waals surface area contributed by atoms with E-state index in [2.05, 4.69) is 17.0 Å². The fourth-order valence-corrected chi connectivity index (χ4v) is 5.00. The Bertz CT molecular complexity index is 1130. The van der Waals surface area contributed by atoms with Crippen molar-refractivity contribution in [3.05, 3.63) is 83.9 Å². The van der Waals surface area contributed by atoms with Crippen molar-refractivity contribution in [2.75, 3.05) is 19.7 Å². The Morgan fingerprint density at radius 2 is 1.62 bits per heavy atom. The highest BCUT2D eigenvalue weighted by molar-refractivity contribution is 6.08. The van der Waals surface area contributed by atoms with Crippen LogP contribution in [-0.4, -0.2) is 58.2 Å². The lowest BCUT2D eigenvalue weighted by Crippen LogP contribution is -2.58. The monoisotopic (exact) mass is 430 g/mol. The molecule has 2 aliphatic heterocycles. The van der Waals surface area contributed by atoms with Gasteiger partial charge < -0.3 is 9.84 Å². The number of hydrogen-bond acceptors (Lipinski definition) is 4.